The van der Waals surface area contributed by atoms with Gasteiger partial charge in [0.15, 0.2) is 0 Å². The van der Waals surface area contributed by atoms with Crippen LogP contribution >= 0.6 is 11.8 Å². The Morgan fingerprint density at radius 3 is 2.65 bits per heavy atom. The molecule has 0 N–H and O–H groups in total. The standard InChI is InChI=1S/C15H19NO2S2/c17-20(18,16-9-14-8-13(16)10-19-14)15-6-5-11-3-1-2-4-12(11)7-15/h5-7,13-14H,1-4,8-10H2/t13-,14+/m0/s1. The molecule has 108 valence electrons. The van der Waals surface area contributed by atoms with Gasteiger partial charge in [-0.1, -0.05) is 6.07 Å². The number of aryl methyl sites for hydroxylation is 2. The Kier molecular flexibility index (Phi) is 3.13. The molecule has 0 unspecified atom stereocenters. The van der Waals surface area contributed by atoms with Crippen LogP contribution in [0.4, 0.5) is 0 Å². The molecule has 3 aliphatic rings. The normalized spacial score (nSPS) is 29.6. The Balaban J connectivity index is 1.69. The van der Waals surface area contributed by atoms with Crippen molar-refractivity contribution in [3.05, 3.63) is 29.3 Å². The Labute approximate surface area is 124 Å². The number of thioether (sulfide) groups is 1. The van der Waals surface area contributed by atoms with Crippen molar-refractivity contribution < 1.29 is 8.42 Å². The highest BCUT2D eigenvalue weighted by Crippen LogP contribution is 2.40. The molecule has 2 bridgehead atoms. The van der Waals surface area contributed by atoms with Crippen LogP contribution in [0.15, 0.2) is 23.1 Å². The van der Waals surface area contributed by atoms with E-state index in [9.17, 15) is 8.42 Å². The van der Waals surface area contributed by atoms with Crippen molar-refractivity contribution in [2.45, 2.75) is 48.3 Å². The van der Waals surface area contributed by atoms with Crippen molar-refractivity contribution >= 4 is 21.8 Å². The van der Waals surface area contributed by atoms with Gasteiger partial charge >= 0.3 is 0 Å². The summed E-state index contributed by atoms with van der Waals surface area (Å²) in [7, 11) is -3.28. The molecule has 1 aliphatic carbocycles. The predicted octanol–water partition coefficient (Wildman–Crippen LogP) is 2.44. The summed E-state index contributed by atoms with van der Waals surface area (Å²) in [6, 6.07) is 6.01. The molecule has 0 saturated carbocycles. The molecule has 1 aromatic rings. The molecule has 5 heteroatoms. The second-order valence-electron chi connectivity index (χ2n) is 6.06. The van der Waals surface area contributed by atoms with E-state index < -0.39 is 10.0 Å². The first-order valence-electron chi connectivity index (χ1n) is 7.40. The van der Waals surface area contributed by atoms with E-state index in [4.69, 9.17) is 0 Å². The molecule has 1 aromatic carbocycles. The van der Waals surface area contributed by atoms with E-state index in [2.05, 4.69) is 0 Å². The van der Waals surface area contributed by atoms with E-state index in [0.29, 0.717) is 16.7 Å². The van der Waals surface area contributed by atoms with Gasteiger partial charge in [-0.15, -0.1) is 0 Å². The van der Waals surface area contributed by atoms with Crippen LogP contribution in [0.25, 0.3) is 0 Å². The quantitative estimate of drug-likeness (QED) is 0.842. The van der Waals surface area contributed by atoms with Gasteiger partial charge in [0.2, 0.25) is 10.0 Å². The van der Waals surface area contributed by atoms with Crippen molar-refractivity contribution in [2.24, 2.45) is 0 Å². The summed E-state index contributed by atoms with van der Waals surface area (Å²) < 4.78 is 27.4. The smallest absolute Gasteiger partial charge is 0.207 e. The number of benzene rings is 1. The van der Waals surface area contributed by atoms with Crippen LogP contribution in [0, 0.1) is 0 Å². The van der Waals surface area contributed by atoms with Gasteiger partial charge < -0.3 is 0 Å². The van der Waals surface area contributed by atoms with Crippen molar-refractivity contribution in [1.82, 2.24) is 4.31 Å². The summed E-state index contributed by atoms with van der Waals surface area (Å²) in [6.45, 7) is 0.703. The summed E-state index contributed by atoms with van der Waals surface area (Å²) in [6.07, 6.45) is 5.57. The van der Waals surface area contributed by atoms with E-state index in [1.54, 1.807) is 4.31 Å². The van der Waals surface area contributed by atoms with Gasteiger partial charge in [-0.2, -0.15) is 16.1 Å². The van der Waals surface area contributed by atoms with Gasteiger partial charge in [-0.3, -0.25) is 0 Å². The SMILES string of the molecule is O=S(=O)(c1ccc2c(c1)CCCC2)N1C[C@H]2C[C@H]1CS2. The highest BCUT2D eigenvalue weighted by Gasteiger charge is 2.44. The van der Waals surface area contributed by atoms with Crippen LogP contribution in [-0.4, -0.2) is 36.3 Å². The molecule has 2 heterocycles. The molecule has 0 aromatic heterocycles. The minimum atomic E-state index is -3.28. The summed E-state index contributed by atoms with van der Waals surface area (Å²) in [5.41, 5.74) is 2.59. The second-order valence-corrected chi connectivity index (χ2v) is 9.28. The van der Waals surface area contributed by atoms with Crippen molar-refractivity contribution in [1.29, 1.82) is 0 Å². The van der Waals surface area contributed by atoms with Crippen LogP contribution in [0.2, 0.25) is 0 Å². The lowest BCUT2D eigenvalue weighted by Crippen LogP contribution is -2.39. The maximum atomic E-state index is 12.8. The van der Waals surface area contributed by atoms with Gasteiger partial charge in [-0.25, -0.2) is 8.42 Å². The van der Waals surface area contributed by atoms with Crippen LogP contribution in [0.5, 0.6) is 0 Å². The lowest BCUT2D eigenvalue weighted by atomic mass is 9.92. The number of fused-ring (bicyclic) bond motifs is 3. The topological polar surface area (TPSA) is 37.4 Å². The van der Waals surface area contributed by atoms with Gasteiger partial charge in [-0.05, 0) is 55.4 Å². The molecule has 3 nitrogen and oxygen atoms in total. The zero-order valence-corrected chi connectivity index (χ0v) is 13.0. The monoisotopic (exact) mass is 309 g/mol. The molecular formula is C15H19NO2S2. The molecular weight excluding hydrogens is 290 g/mol. The highest BCUT2D eigenvalue weighted by molar-refractivity contribution is 8.00. The number of hydrogen-bond donors (Lipinski definition) is 0. The molecule has 2 fully saturated rings. The van der Waals surface area contributed by atoms with Crippen LogP contribution < -0.4 is 0 Å². The third-order valence-electron chi connectivity index (χ3n) is 4.78. The summed E-state index contributed by atoms with van der Waals surface area (Å²) >= 11 is 1.92. The van der Waals surface area contributed by atoms with Crippen LogP contribution in [-0.2, 0) is 22.9 Å². The zero-order chi connectivity index (χ0) is 13.7. The van der Waals surface area contributed by atoms with Crippen molar-refractivity contribution in [3.63, 3.8) is 0 Å². The van der Waals surface area contributed by atoms with E-state index in [0.717, 1.165) is 25.0 Å². The fraction of sp³-hybridized carbons (Fsp3) is 0.600. The Morgan fingerprint density at radius 2 is 1.95 bits per heavy atom. The minimum Gasteiger partial charge on any atom is -0.207 e. The predicted molar refractivity (Wildman–Crippen MR) is 81.6 cm³/mol. The highest BCUT2D eigenvalue weighted by atomic mass is 32.2. The molecule has 0 spiro atoms. The average molecular weight is 309 g/mol. The van der Waals surface area contributed by atoms with E-state index in [-0.39, 0.29) is 6.04 Å². The minimum absolute atomic E-state index is 0.228. The maximum absolute atomic E-state index is 12.8. The Hall–Kier alpha value is -0.520. The van der Waals surface area contributed by atoms with Crippen LogP contribution in [0.1, 0.15) is 30.4 Å². The molecule has 0 radical (unpaired) electrons. The first-order chi connectivity index (χ1) is 9.64. The Morgan fingerprint density at radius 1 is 1.15 bits per heavy atom. The second kappa shape index (κ2) is 4.75. The zero-order valence-electron chi connectivity index (χ0n) is 11.4. The average Bonchev–Trinajstić information content (AvgIpc) is 3.09. The molecule has 2 aliphatic heterocycles. The fourth-order valence-corrected chi connectivity index (χ4v) is 7.02. The van der Waals surface area contributed by atoms with Crippen LogP contribution in [0.3, 0.4) is 0 Å². The lowest BCUT2D eigenvalue weighted by Gasteiger charge is -2.26. The van der Waals surface area contributed by atoms with Crippen molar-refractivity contribution in [2.75, 3.05) is 12.3 Å². The number of rotatable bonds is 2. The summed E-state index contributed by atoms with van der Waals surface area (Å²) in [4.78, 5) is 0.510. The van der Waals surface area contributed by atoms with E-state index >= 15 is 0 Å². The fourth-order valence-electron chi connectivity index (χ4n) is 3.66. The summed E-state index contributed by atoms with van der Waals surface area (Å²) in [5.74, 6) is 0.967. The molecule has 2 saturated heterocycles. The molecule has 2 atom stereocenters. The molecule has 20 heavy (non-hydrogen) atoms. The van der Waals surface area contributed by atoms with Gasteiger partial charge in [0.25, 0.3) is 0 Å². The van der Waals surface area contributed by atoms with E-state index in [1.165, 1.54) is 24.0 Å². The maximum Gasteiger partial charge on any atom is 0.243 e. The largest absolute Gasteiger partial charge is 0.243 e. The van der Waals surface area contributed by atoms with Gasteiger partial charge in [0.1, 0.15) is 0 Å². The van der Waals surface area contributed by atoms with Crippen molar-refractivity contribution in [3.8, 4) is 0 Å². The first kappa shape index (κ1) is 13.2. The third-order valence-corrected chi connectivity index (χ3v) is 8.08. The molecule has 4 rings (SSSR count). The number of nitrogens with zero attached hydrogens (tertiary/aromatic N) is 1. The third kappa shape index (κ3) is 2.02. The number of hydrogen-bond acceptors (Lipinski definition) is 3. The van der Waals surface area contributed by atoms with E-state index in [1.807, 2.05) is 30.0 Å². The number of sulfonamides is 1. The van der Waals surface area contributed by atoms with Gasteiger partial charge in [0.05, 0.1) is 4.90 Å². The summed E-state index contributed by atoms with van der Waals surface area (Å²) in [5, 5.41) is 0.521. The lowest BCUT2D eigenvalue weighted by molar-refractivity contribution is 0.409. The molecule has 0 amide bonds. The Bertz CT molecular complexity index is 641. The van der Waals surface area contributed by atoms with Gasteiger partial charge in [0, 0.05) is 23.6 Å². The first-order valence-corrected chi connectivity index (χ1v) is 9.89.